The van der Waals surface area contributed by atoms with E-state index in [1.165, 1.54) is 17.0 Å². The van der Waals surface area contributed by atoms with Crippen molar-refractivity contribution in [2.75, 3.05) is 13.1 Å². The van der Waals surface area contributed by atoms with Crippen LogP contribution in [0.25, 0.3) is 0 Å². The second kappa shape index (κ2) is 8.98. The molecule has 1 amide bonds. The fourth-order valence-corrected chi connectivity index (χ4v) is 3.39. The first-order valence-electron chi connectivity index (χ1n) is 8.51. The first-order valence-corrected chi connectivity index (χ1v) is 9.95. The van der Waals surface area contributed by atoms with Crippen LogP contribution in [0.2, 0.25) is 0 Å². The second-order valence-corrected chi connectivity index (χ2v) is 7.91. The van der Waals surface area contributed by atoms with Crippen molar-refractivity contribution in [1.82, 2.24) is 4.90 Å². The average Bonchev–Trinajstić information content (AvgIpc) is 2.63. The molecule has 1 aliphatic rings. The van der Waals surface area contributed by atoms with Crippen LogP contribution in [0, 0.1) is 6.92 Å². The Morgan fingerprint density at radius 2 is 1.70 bits per heavy atom. The summed E-state index contributed by atoms with van der Waals surface area (Å²) in [7, 11) is -4.02. The number of amides is 1. The van der Waals surface area contributed by atoms with E-state index in [-0.39, 0.29) is 16.9 Å². The van der Waals surface area contributed by atoms with Gasteiger partial charge in [-0.1, -0.05) is 48.0 Å². The summed E-state index contributed by atoms with van der Waals surface area (Å²) in [5.41, 5.74) is 8.14. The number of carboxylic acid groups (broad SMARTS) is 1. The Hall–Kier alpha value is -2.42. The zero-order chi connectivity index (χ0) is 20.0. The molecule has 1 aliphatic heterocycles. The number of benzene rings is 2. The van der Waals surface area contributed by atoms with E-state index in [9.17, 15) is 13.2 Å². The highest BCUT2D eigenvalue weighted by atomic mass is 32.2. The first-order chi connectivity index (χ1) is 12.7. The maximum atomic E-state index is 10.9. The van der Waals surface area contributed by atoms with Crippen LogP contribution in [-0.2, 0) is 10.1 Å². The van der Waals surface area contributed by atoms with Crippen LogP contribution in [0.4, 0.5) is 4.79 Å². The summed E-state index contributed by atoms with van der Waals surface area (Å²) in [5.74, 6) is 0.117. The van der Waals surface area contributed by atoms with Gasteiger partial charge in [-0.05, 0) is 31.0 Å². The number of nitrogens with zero attached hydrogens (tertiary/aromatic N) is 1. The number of rotatable bonds is 2. The second-order valence-electron chi connectivity index (χ2n) is 6.49. The normalized spacial score (nSPS) is 19.7. The van der Waals surface area contributed by atoms with Gasteiger partial charge in [-0.3, -0.25) is 4.55 Å². The van der Waals surface area contributed by atoms with Crippen molar-refractivity contribution in [2.24, 2.45) is 5.73 Å². The quantitative estimate of drug-likeness (QED) is 0.676. The number of hydrogen-bond acceptors (Lipinski definition) is 4. The van der Waals surface area contributed by atoms with E-state index in [4.69, 9.17) is 15.4 Å². The maximum Gasteiger partial charge on any atom is 0.407 e. The molecule has 146 valence electrons. The van der Waals surface area contributed by atoms with Crippen molar-refractivity contribution in [3.8, 4) is 0 Å². The largest absolute Gasteiger partial charge is 0.465 e. The monoisotopic (exact) mass is 392 g/mol. The van der Waals surface area contributed by atoms with E-state index in [2.05, 4.69) is 0 Å². The van der Waals surface area contributed by atoms with Crippen LogP contribution in [0.3, 0.4) is 0 Å². The minimum atomic E-state index is -4.02. The summed E-state index contributed by atoms with van der Waals surface area (Å²) in [6, 6.07) is 15.9. The Balaban J connectivity index is 0.000000208. The summed E-state index contributed by atoms with van der Waals surface area (Å²) in [5, 5.41) is 8.97. The molecule has 0 saturated carbocycles. The third kappa shape index (κ3) is 6.06. The lowest BCUT2D eigenvalue weighted by atomic mass is 9.87. The number of carbonyl (C=O) groups is 1. The number of hydrogen-bond donors (Lipinski definition) is 3. The molecule has 1 heterocycles. The topological polar surface area (TPSA) is 121 Å². The molecule has 2 aromatic rings. The van der Waals surface area contributed by atoms with E-state index in [1.807, 2.05) is 37.3 Å². The molecule has 2 atom stereocenters. The molecule has 8 heteroatoms. The highest BCUT2D eigenvalue weighted by Crippen LogP contribution is 2.25. The van der Waals surface area contributed by atoms with E-state index >= 15 is 0 Å². The van der Waals surface area contributed by atoms with Gasteiger partial charge in [-0.25, -0.2) is 4.79 Å². The van der Waals surface area contributed by atoms with Crippen LogP contribution in [0.15, 0.2) is 59.5 Å². The molecule has 0 aromatic heterocycles. The Bertz CT molecular complexity index is 853. The summed E-state index contributed by atoms with van der Waals surface area (Å²) in [4.78, 5) is 12.3. The van der Waals surface area contributed by atoms with Gasteiger partial charge in [0, 0.05) is 25.0 Å². The van der Waals surface area contributed by atoms with Crippen molar-refractivity contribution in [2.45, 2.75) is 30.2 Å². The summed E-state index contributed by atoms with van der Waals surface area (Å²) in [6.45, 7) is 2.88. The van der Waals surface area contributed by atoms with Crippen LogP contribution < -0.4 is 5.73 Å². The molecule has 1 saturated heterocycles. The molecule has 0 bridgehead atoms. The van der Waals surface area contributed by atoms with E-state index in [1.54, 1.807) is 12.1 Å². The van der Waals surface area contributed by atoms with Crippen molar-refractivity contribution < 1.29 is 22.9 Å². The highest BCUT2D eigenvalue weighted by Gasteiger charge is 2.29. The predicted molar refractivity (Wildman–Crippen MR) is 102 cm³/mol. The van der Waals surface area contributed by atoms with Gasteiger partial charge in [0.1, 0.15) is 0 Å². The third-order valence-electron chi connectivity index (χ3n) is 4.48. The van der Waals surface area contributed by atoms with E-state index < -0.39 is 16.2 Å². The lowest BCUT2D eigenvalue weighted by Crippen LogP contribution is -2.47. The first kappa shape index (κ1) is 20.9. The van der Waals surface area contributed by atoms with Crippen LogP contribution >= 0.6 is 0 Å². The number of piperidine rings is 1. The van der Waals surface area contributed by atoms with Gasteiger partial charge in [-0.2, -0.15) is 8.42 Å². The zero-order valence-corrected chi connectivity index (χ0v) is 15.8. The summed E-state index contributed by atoms with van der Waals surface area (Å²) in [6.07, 6.45) is -0.126. The number of nitrogens with two attached hydrogens (primary N) is 1. The molecule has 27 heavy (non-hydrogen) atoms. The molecule has 0 radical (unpaired) electrons. The average molecular weight is 392 g/mol. The molecule has 0 unspecified atom stereocenters. The fraction of sp³-hybridized carbons (Fsp3) is 0.316. The van der Waals surface area contributed by atoms with E-state index in [0.29, 0.717) is 13.1 Å². The molecule has 0 aliphatic carbocycles. The number of likely N-dealkylation sites (tertiary alicyclic amines) is 1. The third-order valence-corrected chi connectivity index (χ3v) is 5.35. The molecule has 0 spiro atoms. The lowest BCUT2D eigenvalue weighted by Gasteiger charge is -2.35. The molecule has 1 fully saturated rings. The molecule has 3 rings (SSSR count). The summed E-state index contributed by atoms with van der Waals surface area (Å²) >= 11 is 0. The van der Waals surface area contributed by atoms with Gasteiger partial charge in [0.25, 0.3) is 10.1 Å². The maximum absolute atomic E-state index is 10.9. The predicted octanol–water partition coefficient (Wildman–Crippen LogP) is 2.72. The van der Waals surface area contributed by atoms with Crippen molar-refractivity contribution >= 4 is 16.2 Å². The molecular weight excluding hydrogens is 368 g/mol. The Morgan fingerprint density at radius 3 is 2.22 bits per heavy atom. The smallest absolute Gasteiger partial charge is 0.407 e. The van der Waals surface area contributed by atoms with Crippen molar-refractivity contribution in [3.63, 3.8) is 0 Å². The Labute approximate surface area is 159 Å². The molecule has 7 nitrogen and oxygen atoms in total. The highest BCUT2D eigenvalue weighted by molar-refractivity contribution is 7.85. The lowest BCUT2D eigenvalue weighted by molar-refractivity contribution is 0.126. The van der Waals surface area contributed by atoms with Crippen molar-refractivity contribution in [1.29, 1.82) is 0 Å². The van der Waals surface area contributed by atoms with Crippen LogP contribution in [0.1, 0.15) is 23.5 Å². The molecule has 2 aromatic carbocycles. The van der Waals surface area contributed by atoms with Gasteiger partial charge in [0.2, 0.25) is 0 Å². The standard InChI is InChI=1S/C12H16N2O2.C7H8O3S/c13-11-6-7-14(12(15)16)8-10(11)9-4-2-1-3-5-9;1-6-2-4-7(5-3-6)11(8,9)10/h1-5,10-11H,6-8,13H2,(H,15,16);2-5H,1H3,(H,8,9,10)/t10-,11+;/m0./s1. The Morgan fingerprint density at radius 1 is 1.11 bits per heavy atom. The number of aryl methyl sites for hydroxylation is 1. The van der Waals surface area contributed by atoms with Gasteiger partial charge in [-0.15, -0.1) is 0 Å². The molecule has 4 N–H and O–H groups in total. The van der Waals surface area contributed by atoms with Crippen LogP contribution in [-0.4, -0.2) is 48.2 Å². The minimum absolute atomic E-state index is 0.0537. The van der Waals surface area contributed by atoms with Gasteiger partial charge < -0.3 is 15.7 Å². The van der Waals surface area contributed by atoms with E-state index in [0.717, 1.165) is 17.5 Å². The van der Waals surface area contributed by atoms with Crippen LogP contribution in [0.5, 0.6) is 0 Å². The minimum Gasteiger partial charge on any atom is -0.465 e. The van der Waals surface area contributed by atoms with Gasteiger partial charge >= 0.3 is 6.09 Å². The van der Waals surface area contributed by atoms with Gasteiger partial charge in [0.05, 0.1) is 4.90 Å². The molecular formula is C19H24N2O5S. The Kier molecular flexibility index (Phi) is 6.95. The van der Waals surface area contributed by atoms with Gasteiger partial charge in [0.15, 0.2) is 0 Å². The zero-order valence-electron chi connectivity index (χ0n) is 15.0. The fourth-order valence-electron chi connectivity index (χ4n) is 2.91. The SMILES string of the molecule is Cc1ccc(S(=O)(=O)O)cc1.N[C@@H]1CCN(C(=O)O)C[C@H]1c1ccccc1. The van der Waals surface area contributed by atoms with Crippen molar-refractivity contribution in [3.05, 3.63) is 65.7 Å². The summed E-state index contributed by atoms with van der Waals surface area (Å²) < 4.78 is 29.6.